The molecule has 5 nitrogen and oxygen atoms in total. The molecule has 19 heavy (non-hydrogen) atoms. The third-order valence-corrected chi connectivity index (χ3v) is 3.01. The molecule has 2 aromatic heterocycles. The van der Waals surface area contributed by atoms with Crippen molar-refractivity contribution in [2.75, 3.05) is 7.11 Å². The lowest BCUT2D eigenvalue weighted by Crippen LogP contribution is -2.19. The molecule has 0 fully saturated rings. The van der Waals surface area contributed by atoms with Crippen LogP contribution in [0.2, 0.25) is 0 Å². The number of nitrogens with zero attached hydrogens (tertiary/aromatic N) is 3. The SMILES string of the molecule is CCCn1ncc(OC)c1C(N)Cc1ccccn1. The number of rotatable bonds is 6. The topological polar surface area (TPSA) is 66.0 Å². The van der Waals surface area contributed by atoms with Crippen molar-refractivity contribution in [3.63, 3.8) is 0 Å². The van der Waals surface area contributed by atoms with Crippen molar-refractivity contribution in [1.29, 1.82) is 0 Å². The van der Waals surface area contributed by atoms with Crippen molar-refractivity contribution >= 4 is 0 Å². The molecule has 0 aliphatic heterocycles. The first-order chi connectivity index (χ1) is 9.26. The van der Waals surface area contributed by atoms with E-state index in [9.17, 15) is 0 Å². The van der Waals surface area contributed by atoms with Gasteiger partial charge in [0.1, 0.15) is 0 Å². The number of hydrogen-bond donors (Lipinski definition) is 1. The average molecular weight is 260 g/mol. The first-order valence-electron chi connectivity index (χ1n) is 6.51. The van der Waals surface area contributed by atoms with E-state index in [-0.39, 0.29) is 6.04 Å². The number of methoxy groups -OCH3 is 1. The molecule has 0 spiro atoms. The van der Waals surface area contributed by atoms with Crippen LogP contribution in [0.25, 0.3) is 0 Å². The molecule has 0 aliphatic rings. The molecule has 0 saturated heterocycles. The van der Waals surface area contributed by atoms with Crippen LogP contribution < -0.4 is 10.5 Å². The maximum Gasteiger partial charge on any atom is 0.161 e. The van der Waals surface area contributed by atoms with Crippen molar-refractivity contribution in [3.8, 4) is 5.75 Å². The quantitative estimate of drug-likeness (QED) is 0.862. The van der Waals surface area contributed by atoms with Gasteiger partial charge in [-0.1, -0.05) is 13.0 Å². The summed E-state index contributed by atoms with van der Waals surface area (Å²) in [6.07, 6.45) is 5.19. The minimum absolute atomic E-state index is 0.168. The zero-order valence-electron chi connectivity index (χ0n) is 11.4. The van der Waals surface area contributed by atoms with Crippen LogP contribution in [0.3, 0.4) is 0 Å². The van der Waals surface area contributed by atoms with Gasteiger partial charge in [-0.15, -0.1) is 0 Å². The first-order valence-corrected chi connectivity index (χ1v) is 6.51. The molecule has 0 aliphatic carbocycles. The summed E-state index contributed by atoms with van der Waals surface area (Å²) in [4.78, 5) is 4.31. The van der Waals surface area contributed by atoms with Crippen LogP contribution in [-0.4, -0.2) is 21.9 Å². The van der Waals surface area contributed by atoms with Gasteiger partial charge in [-0.25, -0.2) is 0 Å². The maximum atomic E-state index is 6.30. The van der Waals surface area contributed by atoms with Crippen LogP contribution in [0.15, 0.2) is 30.6 Å². The second kappa shape index (κ2) is 6.33. The van der Waals surface area contributed by atoms with E-state index in [0.29, 0.717) is 6.42 Å². The fourth-order valence-electron chi connectivity index (χ4n) is 2.14. The molecular formula is C14H20N4O. The zero-order chi connectivity index (χ0) is 13.7. The lowest BCUT2D eigenvalue weighted by molar-refractivity contribution is 0.400. The Morgan fingerprint density at radius 2 is 2.26 bits per heavy atom. The number of pyridine rings is 1. The minimum atomic E-state index is -0.168. The summed E-state index contributed by atoms with van der Waals surface area (Å²) in [5.41, 5.74) is 8.21. The van der Waals surface area contributed by atoms with Crippen LogP contribution in [0.5, 0.6) is 5.75 Å². The average Bonchev–Trinajstić information content (AvgIpc) is 2.83. The Bertz CT molecular complexity index is 509. The molecule has 1 atom stereocenters. The van der Waals surface area contributed by atoms with E-state index in [0.717, 1.165) is 30.1 Å². The van der Waals surface area contributed by atoms with Gasteiger partial charge in [0.15, 0.2) is 5.75 Å². The largest absolute Gasteiger partial charge is 0.493 e. The first kappa shape index (κ1) is 13.5. The van der Waals surface area contributed by atoms with Gasteiger partial charge in [-0.05, 0) is 18.6 Å². The van der Waals surface area contributed by atoms with Gasteiger partial charge in [0.25, 0.3) is 0 Å². The van der Waals surface area contributed by atoms with Gasteiger partial charge in [0.05, 0.1) is 25.0 Å². The summed E-state index contributed by atoms with van der Waals surface area (Å²) < 4.78 is 7.27. The number of ether oxygens (including phenoxy) is 1. The van der Waals surface area contributed by atoms with Gasteiger partial charge >= 0.3 is 0 Å². The van der Waals surface area contributed by atoms with Crippen molar-refractivity contribution in [2.45, 2.75) is 32.4 Å². The van der Waals surface area contributed by atoms with E-state index in [1.807, 2.05) is 22.9 Å². The second-order valence-electron chi connectivity index (χ2n) is 4.45. The molecule has 102 valence electrons. The van der Waals surface area contributed by atoms with Crippen LogP contribution >= 0.6 is 0 Å². The highest BCUT2D eigenvalue weighted by molar-refractivity contribution is 5.29. The molecule has 0 radical (unpaired) electrons. The summed E-state index contributed by atoms with van der Waals surface area (Å²) >= 11 is 0. The van der Waals surface area contributed by atoms with Gasteiger partial charge in [0, 0.05) is 24.9 Å². The predicted molar refractivity (Wildman–Crippen MR) is 73.9 cm³/mol. The second-order valence-corrected chi connectivity index (χ2v) is 4.45. The van der Waals surface area contributed by atoms with E-state index in [1.54, 1.807) is 19.5 Å². The molecule has 2 aromatic rings. The predicted octanol–water partition coefficient (Wildman–Crippen LogP) is 1.94. The molecule has 2 heterocycles. The van der Waals surface area contributed by atoms with Gasteiger partial charge in [0.2, 0.25) is 0 Å². The van der Waals surface area contributed by atoms with E-state index >= 15 is 0 Å². The standard InChI is InChI=1S/C14H20N4O/c1-3-8-18-14(13(19-2)10-17-18)12(15)9-11-6-4-5-7-16-11/h4-7,10,12H,3,8-9,15H2,1-2H3. The number of hydrogen-bond acceptors (Lipinski definition) is 4. The third kappa shape index (κ3) is 3.12. The Morgan fingerprint density at radius 1 is 1.42 bits per heavy atom. The monoisotopic (exact) mass is 260 g/mol. The van der Waals surface area contributed by atoms with E-state index in [1.165, 1.54) is 0 Å². The smallest absolute Gasteiger partial charge is 0.161 e. The normalized spacial score (nSPS) is 12.4. The summed E-state index contributed by atoms with van der Waals surface area (Å²) in [7, 11) is 1.64. The lowest BCUT2D eigenvalue weighted by Gasteiger charge is -2.15. The highest BCUT2D eigenvalue weighted by Gasteiger charge is 2.19. The van der Waals surface area contributed by atoms with Gasteiger partial charge in [-0.2, -0.15) is 5.10 Å². The van der Waals surface area contributed by atoms with Crippen molar-refractivity contribution < 1.29 is 4.74 Å². The van der Waals surface area contributed by atoms with E-state index in [2.05, 4.69) is 17.0 Å². The summed E-state index contributed by atoms with van der Waals surface area (Å²) in [5.74, 6) is 0.747. The van der Waals surface area contributed by atoms with Crippen LogP contribution in [0.4, 0.5) is 0 Å². The van der Waals surface area contributed by atoms with Crippen molar-refractivity contribution in [3.05, 3.63) is 42.0 Å². The summed E-state index contributed by atoms with van der Waals surface area (Å²) in [5, 5.41) is 4.33. The van der Waals surface area contributed by atoms with Crippen LogP contribution in [-0.2, 0) is 13.0 Å². The Hall–Kier alpha value is -1.88. The highest BCUT2D eigenvalue weighted by atomic mass is 16.5. The molecule has 2 rings (SSSR count). The molecule has 0 bridgehead atoms. The Morgan fingerprint density at radius 3 is 2.89 bits per heavy atom. The van der Waals surface area contributed by atoms with E-state index < -0.39 is 0 Å². The number of aromatic nitrogens is 3. The number of aryl methyl sites for hydroxylation is 1. The molecule has 0 aromatic carbocycles. The molecular weight excluding hydrogens is 240 g/mol. The highest BCUT2D eigenvalue weighted by Crippen LogP contribution is 2.25. The van der Waals surface area contributed by atoms with E-state index in [4.69, 9.17) is 10.5 Å². The van der Waals surface area contributed by atoms with Gasteiger partial charge < -0.3 is 10.5 Å². The Kier molecular flexibility index (Phi) is 4.52. The molecule has 0 amide bonds. The van der Waals surface area contributed by atoms with Crippen LogP contribution in [0.1, 0.15) is 30.8 Å². The summed E-state index contributed by atoms with van der Waals surface area (Å²) in [6, 6.07) is 5.68. The lowest BCUT2D eigenvalue weighted by atomic mass is 10.1. The maximum absolute atomic E-state index is 6.30. The van der Waals surface area contributed by atoms with Crippen molar-refractivity contribution in [2.24, 2.45) is 5.73 Å². The fourth-order valence-corrected chi connectivity index (χ4v) is 2.14. The summed E-state index contributed by atoms with van der Waals surface area (Å²) in [6.45, 7) is 2.96. The molecule has 5 heteroatoms. The van der Waals surface area contributed by atoms with Crippen molar-refractivity contribution in [1.82, 2.24) is 14.8 Å². The third-order valence-electron chi connectivity index (χ3n) is 3.01. The molecule has 1 unspecified atom stereocenters. The van der Waals surface area contributed by atoms with Gasteiger partial charge in [-0.3, -0.25) is 9.67 Å². The number of nitrogens with two attached hydrogens (primary N) is 1. The Labute approximate surface area is 113 Å². The zero-order valence-corrected chi connectivity index (χ0v) is 11.4. The van der Waals surface area contributed by atoms with Crippen LogP contribution in [0, 0.1) is 0 Å². The Balaban J connectivity index is 2.22. The minimum Gasteiger partial charge on any atom is -0.493 e. The fraction of sp³-hybridized carbons (Fsp3) is 0.429. The molecule has 2 N–H and O–H groups in total. The molecule has 0 saturated carbocycles.